The molecule has 3 aromatic carbocycles. The smallest absolute Gasteiger partial charge is 0.335 e. The van der Waals surface area contributed by atoms with Crippen molar-refractivity contribution in [2.24, 2.45) is 0 Å². The van der Waals surface area contributed by atoms with Crippen molar-refractivity contribution < 1.29 is 48.9 Å². The molecule has 0 bridgehead atoms. The zero-order chi connectivity index (χ0) is 29.6. The maximum absolute atomic E-state index is 11.6. The Balaban J connectivity index is 1.28. The number of para-hydroxylation sites is 3. The van der Waals surface area contributed by atoms with Crippen LogP contribution in [0.4, 0.5) is 0 Å². The summed E-state index contributed by atoms with van der Waals surface area (Å²) >= 11 is 0. The van der Waals surface area contributed by atoms with Crippen LogP contribution >= 0.6 is 0 Å². The highest BCUT2D eigenvalue weighted by Gasteiger charge is 2.48. The van der Waals surface area contributed by atoms with E-state index in [9.17, 15) is 25.2 Å². The Bertz CT molecular complexity index is 1490. The van der Waals surface area contributed by atoms with E-state index in [1.807, 2.05) is 54.6 Å². The number of aromatic nitrogens is 1. The molecule has 12 nitrogen and oxygen atoms in total. The molecule has 0 radical (unpaired) electrons. The summed E-state index contributed by atoms with van der Waals surface area (Å²) < 4.78 is 28.6. The molecule has 1 aliphatic rings. The lowest BCUT2D eigenvalue weighted by Crippen LogP contribution is -2.61. The van der Waals surface area contributed by atoms with Crippen LogP contribution < -0.4 is 19.5 Å². The molecule has 1 aromatic heterocycles. The van der Waals surface area contributed by atoms with E-state index in [0.29, 0.717) is 30.4 Å². The second-order valence-electron chi connectivity index (χ2n) is 9.86. The summed E-state index contributed by atoms with van der Waals surface area (Å²) in [5.41, 5.74) is 1.85. The minimum atomic E-state index is -1.82. The third kappa shape index (κ3) is 6.44. The van der Waals surface area contributed by atoms with Crippen molar-refractivity contribution >= 4 is 27.8 Å². The first-order valence-electron chi connectivity index (χ1n) is 13.5. The van der Waals surface area contributed by atoms with Gasteiger partial charge in [0, 0.05) is 29.4 Å². The second kappa shape index (κ2) is 13.4. The van der Waals surface area contributed by atoms with Crippen LogP contribution in [0.25, 0.3) is 21.8 Å². The van der Waals surface area contributed by atoms with Gasteiger partial charge < -0.3 is 54.4 Å². The fraction of sp³-hybridized carbons (Fsp3) is 0.367. The van der Waals surface area contributed by atoms with Gasteiger partial charge in [-0.2, -0.15) is 0 Å². The van der Waals surface area contributed by atoms with Crippen molar-refractivity contribution in [3.05, 3.63) is 66.7 Å². The molecule has 42 heavy (non-hydrogen) atoms. The van der Waals surface area contributed by atoms with Gasteiger partial charge in [-0.25, -0.2) is 4.79 Å². The van der Waals surface area contributed by atoms with E-state index in [0.717, 1.165) is 21.8 Å². The molecule has 0 unspecified atom stereocenters. The Hall–Kier alpha value is -3.91. The van der Waals surface area contributed by atoms with Crippen LogP contribution in [0.2, 0.25) is 0 Å². The van der Waals surface area contributed by atoms with Gasteiger partial charge in [-0.1, -0.05) is 36.4 Å². The maximum Gasteiger partial charge on any atom is 0.335 e. The number of benzene rings is 3. The van der Waals surface area contributed by atoms with Crippen LogP contribution in [0.3, 0.4) is 0 Å². The first-order valence-corrected chi connectivity index (χ1v) is 13.5. The number of nitrogens with one attached hydrogen (secondary N) is 2. The van der Waals surface area contributed by atoms with Gasteiger partial charge in [0.15, 0.2) is 23.9 Å². The third-order valence-electron chi connectivity index (χ3n) is 7.03. The number of aliphatic hydroxyl groups is 3. The average Bonchev–Trinajstić information content (AvgIpc) is 3.39. The first kappa shape index (κ1) is 29.6. The van der Waals surface area contributed by atoms with Gasteiger partial charge in [0.25, 0.3) is 0 Å². The molecule has 224 valence electrons. The van der Waals surface area contributed by atoms with E-state index < -0.39 is 42.8 Å². The van der Waals surface area contributed by atoms with Crippen molar-refractivity contribution in [3.8, 4) is 17.2 Å². The Labute approximate surface area is 241 Å². The number of aliphatic hydroxyl groups excluding tert-OH is 3. The van der Waals surface area contributed by atoms with Gasteiger partial charge >= 0.3 is 5.97 Å². The van der Waals surface area contributed by atoms with Crippen molar-refractivity contribution in [2.45, 2.75) is 36.8 Å². The Morgan fingerprint density at radius 3 is 2.40 bits per heavy atom. The maximum atomic E-state index is 11.6. The lowest BCUT2D eigenvalue weighted by molar-refractivity contribution is -0.305. The van der Waals surface area contributed by atoms with Crippen LogP contribution in [0.1, 0.15) is 0 Å². The third-order valence-corrected chi connectivity index (χ3v) is 7.03. The number of methoxy groups -OCH3 is 1. The summed E-state index contributed by atoms with van der Waals surface area (Å²) in [5.74, 6) is 0.306. The summed E-state index contributed by atoms with van der Waals surface area (Å²) in [4.78, 5) is 14.9. The fourth-order valence-corrected chi connectivity index (χ4v) is 4.91. The van der Waals surface area contributed by atoms with Gasteiger partial charge in [-0.05, 0) is 30.3 Å². The highest BCUT2D eigenvalue weighted by Crippen LogP contribution is 2.33. The molecule has 1 aliphatic heterocycles. The van der Waals surface area contributed by atoms with E-state index >= 15 is 0 Å². The number of hydrogen-bond donors (Lipinski definition) is 6. The van der Waals surface area contributed by atoms with Crippen molar-refractivity contribution in [2.75, 3.05) is 33.4 Å². The highest BCUT2D eigenvalue weighted by molar-refractivity contribution is 6.10. The number of carboxylic acid groups (broad SMARTS) is 1. The number of aliphatic carboxylic acids is 1. The molecule has 0 aliphatic carbocycles. The van der Waals surface area contributed by atoms with Crippen LogP contribution in [0, 0.1) is 0 Å². The quantitative estimate of drug-likeness (QED) is 0.127. The van der Waals surface area contributed by atoms with E-state index in [1.165, 1.54) is 0 Å². The van der Waals surface area contributed by atoms with E-state index in [-0.39, 0.29) is 13.2 Å². The normalized spacial score (nSPS) is 23.1. The standard InChI is InChI=1S/C30H34N2O10/c1-38-21-10-4-5-11-22(21)39-14-13-31-15-17(41-30-27(35)25(33)26(34)28(42-30)29(36)37)16-40-23-12-6-9-20-24(23)18-7-2-3-8-19(18)32-20/h2-12,17,25-28,30-35H,13-16H2,1H3,(H,36,37)/t17-,25+,26+,27-,28+,30+/m1/s1. The average molecular weight is 583 g/mol. The molecule has 4 aromatic rings. The molecule has 5 rings (SSSR count). The molecule has 0 amide bonds. The number of carbonyl (C=O) groups is 1. The van der Waals surface area contributed by atoms with Gasteiger partial charge in [-0.3, -0.25) is 0 Å². The number of rotatable bonds is 13. The molecule has 1 fully saturated rings. The predicted molar refractivity (Wildman–Crippen MR) is 152 cm³/mol. The molecule has 12 heteroatoms. The number of ether oxygens (including phenoxy) is 5. The van der Waals surface area contributed by atoms with Crippen LogP contribution in [-0.2, 0) is 14.3 Å². The van der Waals surface area contributed by atoms with Gasteiger partial charge in [0.1, 0.15) is 43.4 Å². The lowest BCUT2D eigenvalue weighted by atomic mass is 9.99. The molecule has 6 atom stereocenters. The molecule has 6 N–H and O–H groups in total. The van der Waals surface area contributed by atoms with E-state index in [1.54, 1.807) is 19.2 Å². The largest absolute Gasteiger partial charge is 0.493 e. The number of hydrogen-bond acceptors (Lipinski definition) is 10. The van der Waals surface area contributed by atoms with Crippen LogP contribution in [0.5, 0.6) is 17.2 Å². The SMILES string of the molecule is COc1ccccc1OCCNC[C@H](COc1cccc2[nH]c3ccccc3c12)O[C@H]1O[C@H](C(=O)O)[C@@H](O)[C@H](O)[C@H]1O. The molecular weight excluding hydrogens is 548 g/mol. The lowest BCUT2D eigenvalue weighted by Gasteiger charge is -2.39. The Kier molecular flexibility index (Phi) is 9.42. The van der Waals surface area contributed by atoms with Crippen molar-refractivity contribution in [3.63, 3.8) is 0 Å². The van der Waals surface area contributed by atoms with Crippen molar-refractivity contribution in [1.29, 1.82) is 0 Å². The van der Waals surface area contributed by atoms with E-state index in [4.69, 9.17) is 23.7 Å². The van der Waals surface area contributed by atoms with Gasteiger partial charge in [0.05, 0.1) is 12.6 Å². The van der Waals surface area contributed by atoms with Crippen LogP contribution in [-0.4, -0.2) is 102 Å². The number of carboxylic acids is 1. The summed E-state index contributed by atoms with van der Waals surface area (Å²) in [5, 5.41) is 45.3. The molecule has 1 saturated heterocycles. The second-order valence-corrected chi connectivity index (χ2v) is 9.86. The minimum absolute atomic E-state index is 0.0120. The summed E-state index contributed by atoms with van der Waals surface area (Å²) in [7, 11) is 1.56. The van der Waals surface area contributed by atoms with E-state index in [2.05, 4.69) is 10.3 Å². The first-order chi connectivity index (χ1) is 20.4. The molecule has 2 heterocycles. The summed E-state index contributed by atoms with van der Waals surface area (Å²) in [6.07, 6.45) is -9.38. The fourth-order valence-electron chi connectivity index (χ4n) is 4.91. The van der Waals surface area contributed by atoms with Gasteiger partial charge in [0.2, 0.25) is 0 Å². The molecular formula is C30H34N2O10. The summed E-state index contributed by atoms with van der Waals surface area (Å²) in [6, 6.07) is 20.8. The zero-order valence-electron chi connectivity index (χ0n) is 22.9. The predicted octanol–water partition coefficient (Wildman–Crippen LogP) is 1.65. The molecule has 0 saturated carbocycles. The Morgan fingerprint density at radius 2 is 1.62 bits per heavy atom. The van der Waals surface area contributed by atoms with Crippen LogP contribution in [0.15, 0.2) is 66.7 Å². The Morgan fingerprint density at radius 1 is 0.905 bits per heavy atom. The zero-order valence-corrected chi connectivity index (χ0v) is 22.9. The number of aromatic amines is 1. The van der Waals surface area contributed by atoms with Gasteiger partial charge in [-0.15, -0.1) is 0 Å². The minimum Gasteiger partial charge on any atom is -0.493 e. The van der Waals surface area contributed by atoms with Crippen molar-refractivity contribution in [1.82, 2.24) is 10.3 Å². The molecule has 0 spiro atoms. The highest BCUT2D eigenvalue weighted by atomic mass is 16.7. The monoisotopic (exact) mass is 582 g/mol. The summed E-state index contributed by atoms with van der Waals surface area (Å²) in [6.45, 7) is 0.893. The topological polar surface area (TPSA) is 172 Å². The number of fused-ring (bicyclic) bond motifs is 3. The number of H-pyrrole nitrogens is 1.